The monoisotopic (exact) mass is 326 g/mol. The summed E-state index contributed by atoms with van der Waals surface area (Å²) in [6.07, 6.45) is 4.03. The van der Waals surface area contributed by atoms with Crippen molar-refractivity contribution in [3.8, 4) is 0 Å². The molecule has 0 bridgehead atoms. The first kappa shape index (κ1) is 16.7. The van der Waals surface area contributed by atoms with Gasteiger partial charge in [-0.1, -0.05) is 36.2 Å². The topological polar surface area (TPSA) is 55.1 Å². The molecule has 0 aromatic heterocycles. The number of hydrogen-bond donors (Lipinski definition) is 2. The van der Waals surface area contributed by atoms with Crippen LogP contribution in [0.1, 0.15) is 31.2 Å². The number of rotatable bonds is 7. The van der Waals surface area contributed by atoms with E-state index in [0.29, 0.717) is 5.92 Å². The molecule has 1 aliphatic rings. The summed E-state index contributed by atoms with van der Waals surface area (Å²) in [7, 11) is 1.85. The van der Waals surface area contributed by atoms with Gasteiger partial charge in [0.25, 0.3) is 0 Å². The molecule has 1 amide bonds. The van der Waals surface area contributed by atoms with Crippen LogP contribution in [0.5, 0.6) is 0 Å². The van der Waals surface area contributed by atoms with Gasteiger partial charge in [0.05, 0.1) is 0 Å². The Morgan fingerprint density at radius 1 is 1.52 bits per heavy atom. The molecule has 1 aliphatic carbocycles. The minimum atomic E-state index is -0.495. The second-order valence-corrected chi connectivity index (χ2v) is 7.12. The van der Waals surface area contributed by atoms with E-state index in [1.54, 1.807) is 0 Å². The maximum Gasteiger partial charge on any atom is 0.238 e. The summed E-state index contributed by atoms with van der Waals surface area (Å²) in [5.74, 6) is 2.07. The fourth-order valence-electron chi connectivity index (χ4n) is 3.27. The van der Waals surface area contributed by atoms with Gasteiger partial charge in [-0.05, 0) is 49.6 Å². The van der Waals surface area contributed by atoms with E-state index in [9.17, 15) is 4.79 Å². The molecule has 116 valence electrons. The Labute approximate surface area is 136 Å². The molecule has 2 atom stereocenters. The number of likely N-dealkylation sites (N-methyl/N-ethyl adjacent to an activating group) is 1. The zero-order valence-corrected chi connectivity index (χ0v) is 14.0. The van der Waals surface area contributed by atoms with Gasteiger partial charge in [0.15, 0.2) is 0 Å². The van der Waals surface area contributed by atoms with Crippen molar-refractivity contribution >= 4 is 29.3 Å². The van der Waals surface area contributed by atoms with E-state index in [2.05, 4.69) is 11.4 Å². The first-order valence-electron chi connectivity index (χ1n) is 7.40. The van der Waals surface area contributed by atoms with E-state index in [1.807, 2.05) is 37.0 Å². The third-order valence-corrected chi connectivity index (χ3v) is 5.94. The molecule has 1 fully saturated rings. The molecule has 1 aromatic carbocycles. The van der Waals surface area contributed by atoms with Crippen LogP contribution in [0.25, 0.3) is 0 Å². The number of nitrogens with one attached hydrogen (secondary N) is 1. The zero-order chi connectivity index (χ0) is 15.3. The lowest BCUT2D eigenvalue weighted by Crippen LogP contribution is -2.56. The molecular weight excluding hydrogens is 304 g/mol. The van der Waals surface area contributed by atoms with Crippen molar-refractivity contribution in [3.05, 3.63) is 34.9 Å². The van der Waals surface area contributed by atoms with Crippen molar-refractivity contribution in [1.82, 2.24) is 5.32 Å². The molecule has 2 rings (SSSR count). The highest BCUT2D eigenvalue weighted by atomic mass is 35.5. The Morgan fingerprint density at radius 3 is 2.95 bits per heavy atom. The standard InChI is InChI=1S/C16H23ClN2OS/c1-19-16(15(18)20)9-4-6-13(16)8-10-21-11-12-5-2-3-7-14(12)17/h2-3,5,7,13,19H,4,6,8-11H2,1H3,(H2,18,20). The zero-order valence-electron chi connectivity index (χ0n) is 12.4. The number of nitrogens with two attached hydrogens (primary N) is 1. The van der Waals surface area contributed by atoms with Gasteiger partial charge in [-0.2, -0.15) is 11.8 Å². The normalized spacial score (nSPS) is 25.1. The van der Waals surface area contributed by atoms with Crippen LogP contribution in [0.15, 0.2) is 24.3 Å². The predicted octanol–water partition coefficient (Wildman–Crippen LogP) is 3.21. The predicted molar refractivity (Wildman–Crippen MR) is 90.6 cm³/mol. The molecular formula is C16H23ClN2OS. The summed E-state index contributed by atoms with van der Waals surface area (Å²) in [6, 6.07) is 7.95. The molecule has 0 spiro atoms. The van der Waals surface area contributed by atoms with Crippen molar-refractivity contribution in [2.45, 2.75) is 37.0 Å². The van der Waals surface area contributed by atoms with Crippen molar-refractivity contribution in [1.29, 1.82) is 0 Å². The van der Waals surface area contributed by atoms with E-state index < -0.39 is 5.54 Å². The Hall–Kier alpha value is -0.710. The summed E-state index contributed by atoms with van der Waals surface area (Å²) in [4.78, 5) is 11.8. The smallest absolute Gasteiger partial charge is 0.238 e. The summed E-state index contributed by atoms with van der Waals surface area (Å²) < 4.78 is 0. The Bertz CT molecular complexity index is 497. The lowest BCUT2D eigenvalue weighted by Gasteiger charge is -2.32. The van der Waals surface area contributed by atoms with Crippen LogP contribution >= 0.6 is 23.4 Å². The van der Waals surface area contributed by atoms with Gasteiger partial charge in [-0.25, -0.2) is 0 Å². The van der Waals surface area contributed by atoms with Gasteiger partial charge in [-0.15, -0.1) is 0 Å². The second-order valence-electron chi connectivity index (χ2n) is 5.61. The molecule has 5 heteroatoms. The largest absolute Gasteiger partial charge is 0.368 e. The number of halogens is 1. The third-order valence-electron chi connectivity index (χ3n) is 4.53. The van der Waals surface area contributed by atoms with Crippen molar-refractivity contribution < 1.29 is 4.79 Å². The SMILES string of the molecule is CNC1(C(N)=O)CCCC1CCSCc1ccccc1Cl. The average molecular weight is 327 g/mol. The Morgan fingerprint density at radius 2 is 2.29 bits per heavy atom. The fourth-order valence-corrected chi connectivity index (χ4v) is 4.62. The number of amides is 1. The molecule has 0 radical (unpaired) electrons. The van der Waals surface area contributed by atoms with Crippen LogP contribution in [0.2, 0.25) is 5.02 Å². The van der Waals surface area contributed by atoms with E-state index in [-0.39, 0.29) is 5.91 Å². The van der Waals surface area contributed by atoms with Gasteiger partial charge < -0.3 is 11.1 Å². The highest BCUT2D eigenvalue weighted by Crippen LogP contribution is 2.38. The van der Waals surface area contributed by atoms with Gasteiger partial charge >= 0.3 is 0 Å². The van der Waals surface area contributed by atoms with Crippen LogP contribution in [-0.4, -0.2) is 24.2 Å². The quantitative estimate of drug-likeness (QED) is 0.756. The van der Waals surface area contributed by atoms with Crippen LogP contribution in [0, 0.1) is 5.92 Å². The summed E-state index contributed by atoms with van der Waals surface area (Å²) in [6.45, 7) is 0. The highest BCUT2D eigenvalue weighted by molar-refractivity contribution is 7.98. The minimum absolute atomic E-state index is 0.205. The number of primary amides is 1. The highest BCUT2D eigenvalue weighted by Gasteiger charge is 2.45. The first-order valence-corrected chi connectivity index (χ1v) is 8.93. The van der Waals surface area contributed by atoms with Crippen LogP contribution in [-0.2, 0) is 10.5 Å². The lowest BCUT2D eigenvalue weighted by molar-refractivity contribution is -0.125. The number of carbonyl (C=O) groups excluding carboxylic acids is 1. The van der Waals surface area contributed by atoms with Crippen molar-refractivity contribution in [2.24, 2.45) is 11.7 Å². The maximum absolute atomic E-state index is 11.8. The molecule has 0 heterocycles. The molecule has 21 heavy (non-hydrogen) atoms. The Kier molecular flexibility index (Phi) is 5.97. The summed E-state index contributed by atoms with van der Waals surface area (Å²) >= 11 is 8.02. The summed E-state index contributed by atoms with van der Waals surface area (Å²) in [5.41, 5.74) is 6.30. The van der Waals surface area contributed by atoms with Crippen LogP contribution < -0.4 is 11.1 Å². The van der Waals surface area contributed by atoms with Gasteiger partial charge in [0.1, 0.15) is 5.54 Å². The average Bonchev–Trinajstić information content (AvgIpc) is 2.89. The van der Waals surface area contributed by atoms with E-state index in [4.69, 9.17) is 17.3 Å². The third kappa shape index (κ3) is 3.74. The van der Waals surface area contributed by atoms with E-state index in [1.165, 1.54) is 5.56 Å². The van der Waals surface area contributed by atoms with Gasteiger partial charge in [-0.3, -0.25) is 4.79 Å². The number of hydrogen-bond acceptors (Lipinski definition) is 3. The molecule has 1 aromatic rings. The van der Waals surface area contributed by atoms with E-state index >= 15 is 0 Å². The molecule has 0 aliphatic heterocycles. The number of benzene rings is 1. The second kappa shape index (κ2) is 7.52. The van der Waals surface area contributed by atoms with Crippen molar-refractivity contribution in [2.75, 3.05) is 12.8 Å². The van der Waals surface area contributed by atoms with Crippen molar-refractivity contribution in [3.63, 3.8) is 0 Å². The Balaban J connectivity index is 1.83. The minimum Gasteiger partial charge on any atom is -0.368 e. The lowest BCUT2D eigenvalue weighted by atomic mass is 9.84. The van der Waals surface area contributed by atoms with Crippen LogP contribution in [0.3, 0.4) is 0 Å². The summed E-state index contributed by atoms with van der Waals surface area (Å²) in [5, 5.41) is 4.02. The first-order chi connectivity index (χ1) is 10.1. The number of thioether (sulfide) groups is 1. The fraction of sp³-hybridized carbons (Fsp3) is 0.562. The van der Waals surface area contributed by atoms with Gasteiger partial charge in [0.2, 0.25) is 5.91 Å². The molecule has 3 nitrogen and oxygen atoms in total. The van der Waals surface area contributed by atoms with Crippen LogP contribution in [0.4, 0.5) is 0 Å². The molecule has 1 saturated carbocycles. The van der Waals surface area contributed by atoms with Gasteiger partial charge in [0, 0.05) is 10.8 Å². The van der Waals surface area contributed by atoms with E-state index in [0.717, 1.165) is 42.2 Å². The molecule has 2 unspecified atom stereocenters. The molecule has 0 saturated heterocycles. The maximum atomic E-state index is 11.8. The number of carbonyl (C=O) groups is 1. The molecule has 3 N–H and O–H groups in total.